The first-order valence-electron chi connectivity index (χ1n) is 8.98. The molecule has 8 nitrogen and oxygen atoms in total. The number of hydrogen-bond acceptors (Lipinski definition) is 5. The van der Waals surface area contributed by atoms with Gasteiger partial charge in [-0.1, -0.05) is 34.5 Å². The van der Waals surface area contributed by atoms with Crippen molar-refractivity contribution in [1.29, 1.82) is 0 Å². The zero-order valence-electron chi connectivity index (χ0n) is 16.1. The highest BCUT2D eigenvalue weighted by molar-refractivity contribution is 9.10. The topological polar surface area (TPSA) is 109 Å². The highest BCUT2D eigenvalue weighted by Gasteiger charge is 2.11. The van der Waals surface area contributed by atoms with Crippen LogP contribution in [0.25, 0.3) is 0 Å². The Morgan fingerprint density at radius 2 is 1.87 bits per heavy atom. The first kappa shape index (κ1) is 23.4. The number of hydrazone groups is 1. The van der Waals surface area contributed by atoms with Gasteiger partial charge in [-0.25, -0.2) is 5.43 Å². The molecule has 0 atom stereocenters. The highest BCUT2D eigenvalue weighted by Crippen LogP contribution is 2.22. The Morgan fingerprint density at radius 1 is 1.13 bits per heavy atom. The lowest BCUT2D eigenvalue weighted by Crippen LogP contribution is -2.38. The molecule has 0 aromatic heterocycles. The van der Waals surface area contributed by atoms with E-state index in [1.807, 2.05) is 6.92 Å². The number of ether oxygens (including phenoxy) is 1. The van der Waals surface area contributed by atoms with Gasteiger partial charge in [0.05, 0.1) is 6.21 Å². The minimum atomic E-state index is -0.875. The maximum Gasteiger partial charge on any atom is 0.329 e. The van der Waals surface area contributed by atoms with E-state index in [2.05, 4.69) is 37.1 Å². The quantitative estimate of drug-likeness (QED) is 0.297. The van der Waals surface area contributed by atoms with E-state index in [-0.39, 0.29) is 12.5 Å². The number of nitrogens with zero attached hydrogens (tertiary/aromatic N) is 1. The van der Waals surface area contributed by atoms with Gasteiger partial charge >= 0.3 is 11.8 Å². The summed E-state index contributed by atoms with van der Waals surface area (Å²) >= 11 is 9.16. The van der Waals surface area contributed by atoms with Crippen LogP contribution >= 0.6 is 27.5 Å². The van der Waals surface area contributed by atoms with Crippen LogP contribution in [0.4, 0.5) is 5.69 Å². The lowest BCUT2D eigenvalue weighted by atomic mass is 10.2. The second-order valence-corrected chi connectivity index (χ2v) is 7.33. The van der Waals surface area contributed by atoms with Crippen LogP contribution in [-0.4, -0.2) is 37.1 Å². The number of rotatable bonds is 8. The van der Waals surface area contributed by atoms with Crippen LogP contribution in [0, 0.1) is 0 Å². The van der Waals surface area contributed by atoms with E-state index in [9.17, 15) is 14.4 Å². The van der Waals surface area contributed by atoms with E-state index in [4.69, 9.17) is 16.3 Å². The minimum absolute atomic E-state index is 0.239. The number of amides is 3. The van der Waals surface area contributed by atoms with Crippen molar-refractivity contribution in [3.63, 3.8) is 0 Å². The second-order valence-electron chi connectivity index (χ2n) is 5.98. The van der Waals surface area contributed by atoms with Crippen molar-refractivity contribution in [3.05, 3.63) is 57.5 Å². The summed E-state index contributed by atoms with van der Waals surface area (Å²) < 4.78 is 6.31. The number of anilines is 1. The van der Waals surface area contributed by atoms with Gasteiger partial charge < -0.3 is 15.4 Å². The molecule has 10 heteroatoms. The average Bonchev–Trinajstić information content (AvgIpc) is 2.73. The fourth-order valence-corrected chi connectivity index (χ4v) is 2.66. The van der Waals surface area contributed by atoms with E-state index in [1.165, 1.54) is 6.21 Å². The van der Waals surface area contributed by atoms with Crippen molar-refractivity contribution in [2.24, 2.45) is 5.10 Å². The smallest absolute Gasteiger partial charge is 0.329 e. The molecule has 158 valence electrons. The Kier molecular flexibility index (Phi) is 9.30. The van der Waals surface area contributed by atoms with E-state index >= 15 is 0 Å². The van der Waals surface area contributed by atoms with Crippen molar-refractivity contribution in [3.8, 4) is 5.75 Å². The molecule has 0 aliphatic rings. The largest absolute Gasteiger partial charge is 0.483 e. The van der Waals surface area contributed by atoms with Crippen LogP contribution < -0.4 is 20.8 Å². The number of carbonyl (C=O) groups is 3. The third-order valence-corrected chi connectivity index (χ3v) is 4.32. The number of hydrogen-bond donors (Lipinski definition) is 3. The molecule has 0 bridgehead atoms. The van der Waals surface area contributed by atoms with Crippen molar-refractivity contribution in [2.75, 3.05) is 18.5 Å². The van der Waals surface area contributed by atoms with Crippen LogP contribution in [0.3, 0.4) is 0 Å². The van der Waals surface area contributed by atoms with E-state index < -0.39 is 11.8 Å². The van der Waals surface area contributed by atoms with Crippen molar-refractivity contribution >= 4 is 57.2 Å². The van der Waals surface area contributed by atoms with Gasteiger partial charge in [0, 0.05) is 27.3 Å². The molecule has 0 fully saturated rings. The predicted octanol–water partition coefficient (Wildman–Crippen LogP) is 3.10. The molecule has 0 aliphatic carbocycles. The molecule has 2 aromatic carbocycles. The molecular formula is C20H20BrClN4O4. The van der Waals surface area contributed by atoms with Gasteiger partial charge in [-0.2, -0.15) is 5.10 Å². The van der Waals surface area contributed by atoms with Gasteiger partial charge in [0.15, 0.2) is 6.61 Å². The summed E-state index contributed by atoms with van der Waals surface area (Å²) in [5.41, 5.74) is 3.24. The van der Waals surface area contributed by atoms with Gasteiger partial charge in [-0.15, -0.1) is 0 Å². The minimum Gasteiger partial charge on any atom is -0.483 e. The molecule has 0 heterocycles. The summed E-state index contributed by atoms with van der Waals surface area (Å²) in [7, 11) is 0. The summed E-state index contributed by atoms with van der Waals surface area (Å²) in [4.78, 5) is 35.3. The third-order valence-electron chi connectivity index (χ3n) is 3.57. The first-order valence-corrected chi connectivity index (χ1v) is 10.1. The van der Waals surface area contributed by atoms with Crippen LogP contribution in [0.1, 0.15) is 18.9 Å². The van der Waals surface area contributed by atoms with Crippen LogP contribution in [-0.2, 0) is 14.4 Å². The number of benzene rings is 2. The van der Waals surface area contributed by atoms with Gasteiger partial charge in [0.2, 0.25) is 0 Å². The summed E-state index contributed by atoms with van der Waals surface area (Å²) in [5, 5.41) is 9.48. The fraction of sp³-hybridized carbons (Fsp3) is 0.200. The lowest BCUT2D eigenvalue weighted by Gasteiger charge is -2.10. The zero-order valence-corrected chi connectivity index (χ0v) is 18.4. The Labute approximate surface area is 187 Å². The fourth-order valence-electron chi connectivity index (χ4n) is 2.16. The third kappa shape index (κ3) is 7.84. The molecule has 3 amide bonds. The van der Waals surface area contributed by atoms with E-state index in [1.54, 1.807) is 42.5 Å². The van der Waals surface area contributed by atoms with Gasteiger partial charge in [0.1, 0.15) is 5.75 Å². The molecule has 2 aromatic rings. The Bertz CT molecular complexity index is 935. The zero-order chi connectivity index (χ0) is 21.9. The number of nitrogens with one attached hydrogen (secondary N) is 3. The lowest BCUT2D eigenvalue weighted by molar-refractivity contribution is -0.139. The van der Waals surface area contributed by atoms with Gasteiger partial charge in [0.25, 0.3) is 5.91 Å². The molecule has 2 rings (SSSR count). The average molecular weight is 496 g/mol. The van der Waals surface area contributed by atoms with Gasteiger partial charge in [-0.05, 0) is 48.9 Å². The standard InChI is InChI=1S/C20H20BrClN4O4/c1-2-9-23-19(28)20(29)26-24-11-13-10-14(21)3-8-17(13)30-12-18(27)25-16-6-4-15(22)5-7-16/h3-8,10-11H,2,9,12H2,1H3,(H,23,28)(H,25,27)(H,26,29)/b24-11-. The molecule has 0 saturated carbocycles. The van der Waals surface area contributed by atoms with Crippen molar-refractivity contribution in [1.82, 2.24) is 10.7 Å². The maximum absolute atomic E-state index is 12.1. The molecular weight excluding hydrogens is 476 g/mol. The Hall–Kier alpha value is -2.91. The first-order chi connectivity index (χ1) is 14.4. The molecule has 0 saturated heterocycles. The maximum atomic E-state index is 12.1. The number of carbonyl (C=O) groups excluding carboxylic acids is 3. The molecule has 0 unspecified atom stereocenters. The van der Waals surface area contributed by atoms with E-state index in [0.717, 1.165) is 4.47 Å². The monoisotopic (exact) mass is 494 g/mol. The normalized spacial score (nSPS) is 10.5. The molecule has 0 aliphatic heterocycles. The van der Waals surface area contributed by atoms with Crippen molar-refractivity contribution in [2.45, 2.75) is 13.3 Å². The Morgan fingerprint density at radius 3 is 2.57 bits per heavy atom. The van der Waals surface area contributed by atoms with Gasteiger partial charge in [-0.3, -0.25) is 14.4 Å². The van der Waals surface area contributed by atoms with Crippen LogP contribution in [0.2, 0.25) is 5.02 Å². The predicted molar refractivity (Wildman–Crippen MR) is 119 cm³/mol. The summed E-state index contributed by atoms with van der Waals surface area (Å²) in [6.45, 7) is 2.04. The Balaban J connectivity index is 1.95. The molecule has 30 heavy (non-hydrogen) atoms. The second kappa shape index (κ2) is 11.9. The SMILES string of the molecule is CCCNC(=O)C(=O)N/N=C\c1cc(Br)ccc1OCC(=O)Nc1ccc(Cl)cc1. The molecule has 0 radical (unpaired) electrons. The molecule has 0 spiro atoms. The summed E-state index contributed by atoms with van der Waals surface area (Å²) in [6, 6.07) is 11.8. The summed E-state index contributed by atoms with van der Waals surface area (Å²) in [6.07, 6.45) is 2.04. The van der Waals surface area contributed by atoms with E-state index in [0.29, 0.717) is 35.0 Å². The van der Waals surface area contributed by atoms with Crippen molar-refractivity contribution < 1.29 is 19.1 Å². The van der Waals surface area contributed by atoms with Crippen LogP contribution in [0.15, 0.2) is 52.0 Å². The summed E-state index contributed by atoms with van der Waals surface area (Å²) in [5.74, 6) is -1.62. The highest BCUT2D eigenvalue weighted by atomic mass is 79.9. The molecule has 3 N–H and O–H groups in total. The number of halogens is 2. The van der Waals surface area contributed by atoms with Crippen LogP contribution in [0.5, 0.6) is 5.75 Å².